The zero-order valence-corrected chi connectivity index (χ0v) is 16.4. The number of nitrogens with zero attached hydrogens (tertiary/aromatic N) is 2. The Balaban J connectivity index is 1.35. The molecule has 0 radical (unpaired) electrons. The Morgan fingerprint density at radius 1 is 0.741 bits per heavy atom. The molecule has 2 aromatic rings. The van der Waals surface area contributed by atoms with E-state index in [2.05, 4.69) is 46.2 Å². The molecule has 2 fully saturated rings. The maximum Gasteiger partial charge on any atom is 0.159 e. The van der Waals surface area contributed by atoms with E-state index < -0.39 is 0 Å². The minimum atomic E-state index is 0.128. The Morgan fingerprint density at radius 2 is 1.22 bits per heavy atom. The summed E-state index contributed by atoms with van der Waals surface area (Å²) < 4.78 is 0. The molecule has 0 atom stereocenters. The van der Waals surface area contributed by atoms with Crippen molar-refractivity contribution < 1.29 is 4.79 Å². The summed E-state index contributed by atoms with van der Waals surface area (Å²) in [5.74, 6) is 0.908. The Bertz CT molecular complexity index is 752. The van der Waals surface area contributed by atoms with Crippen LogP contribution in [0.5, 0.6) is 0 Å². The molecule has 3 nitrogen and oxygen atoms in total. The Labute approximate surface area is 163 Å². The first-order valence-electron chi connectivity index (χ1n) is 10.4. The summed E-state index contributed by atoms with van der Waals surface area (Å²) in [5.41, 5.74) is 4.88. The van der Waals surface area contributed by atoms with E-state index in [1.54, 1.807) is 6.92 Å². The summed E-state index contributed by atoms with van der Waals surface area (Å²) >= 11 is 0. The van der Waals surface area contributed by atoms with Gasteiger partial charge in [0, 0.05) is 43.1 Å². The predicted octanol–water partition coefficient (Wildman–Crippen LogP) is 5.26. The van der Waals surface area contributed by atoms with Gasteiger partial charge in [-0.05, 0) is 67.6 Å². The molecule has 2 aromatic carbocycles. The summed E-state index contributed by atoms with van der Waals surface area (Å²) in [4.78, 5) is 16.3. The van der Waals surface area contributed by atoms with Crippen molar-refractivity contribution >= 4 is 17.2 Å². The second-order valence-corrected chi connectivity index (χ2v) is 8.00. The number of Topliss-reactive ketones (excluding diaryl/α,β-unsaturated/α-hetero) is 1. The molecule has 2 aliphatic rings. The first-order chi connectivity index (χ1) is 13.2. The minimum absolute atomic E-state index is 0.128. The number of piperazine rings is 1. The smallest absolute Gasteiger partial charge is 0.159 e. The fraction of sp³-hybridized carbons (Fsp3) is 0.458. The second kappa shape index (κ2) is 8.16. The molecule has 0 bridgehead atoms. The molecule has 1 saturated carbocycles. The lowest BCUT2D eigenvalue weighted by molar-refractivity contribution is 0.101. The number of hydrogen-bond acceptors (Lipinski definition) is 3. The molecule has 0 amide bonds. The van der Waals surface area contributed by atoms with Crippen LogP contribution in [0.15, 0.2) is 48.5 Å². The van der Waals surface area contributed by atoms with Crippen LogP contribution in [0.2, 0.25) is 0 Å². The predicted molar refractivity (Wildman–Crippen MR) is 113 cm³/mol. The van der Waals surface area contributed by atoms with Crippen LogP contribution in [0.3, 0.4) is 0 Å². The lowest BCUT2D eigenvalue weighted by Gasteiger charge is -2.37. The normalized spacial score (nSPS) is 18.6. The van der Waals surface area contributed by atoms with Gasteiger partial charge in [-0.1, -0.05) is 31.4 Å². The van der Waals surface area contributed by atoms with E-state index in [1.165, 1.54) is 49.0 Å². The van der Waals surface area contributed by atoms with Crippen molar-refractivity contribution in [3.8, 4) is 0 Å². The van der Waals surface area contributed by atoms with Gasteiger partial charge in [0.15, 0.2) is 5.78 Å². The van der Waals surface area contributed by atoms with Crippen molar-refractivity contribution in [1.82, 2.24) is 0 Å². The van der Waals surface area contributed by atoms with Gasteiger partial charge in [-0.15, -0.1) is 0 Å². The van der Waals surface area contributed by atoms with Crippen molar-refractivity contribution in [2.75, 3.05) is 36.0 Å². The number of carbonyl (C=O) groups excluding carboxylic acids is 1. The molecule has 4 rings (SSSR count). The Hall–Kier alpha value is -2.29. The highest BCUT2D eigenvalue weighted by molar-refractivity contribution is 5.94. The fourth-order valence-electron chi connectivity index (χ4n) is 4.52. The summed E-state index contributed by atoms with van der Waals surface area (Å²) in [6, 6.07) is 17.4. The molecule has 1 heterocycles. The number of benzene rings is 2. The topological polar surface area (TPSA) is 23.6 Å². The van der Waals surface area contributed by atoms with Gasteiger partial charge in [0.2, 0.25) is 0 Å². The van der Waals surface area contributed by atoms with E-state index in [1.807, 2.05) is 12.1 Å². The molecular formula is C24H30N2O. The second-order valence-electron chi connectivity index (χ2n) is 8.00. The molecule has 27 heavy (non-hydrogen) atoms. The van der Waals surface area contributed by atoms with Crippen LogP contribution in [0.4, 0.5) is 11.4 Å². The maximum absolute atomic E-state index is 11.4. The van der Waals surface area contributed by atoms with Crippen LogP contribution in [-0.2, 0) is 0 Å². The van der Waals surface area contributed by atoms with Crippen molar-refractivity contribution in [3.05, 3.63) is 59.7 Å². The van der Waals surface area contributed by atoms with Crippen LogP contribution in [-0.4, -0.2) is 32.0 Å². The number of anilines is 2. The van der Waals surface area contributed by atoms with Crippen molar-refractivity contribution in [1.29, 1.82) is 0 Å². The van der Waals surface area contributed by atoms with Crippen LogP contribution in [0, 0.1) is 0 Å². The number of hydrogen-bond donors (Lipinski definition) is 0. The largest absolute Gasteiger partial charge is 0.368 e. The van der Waals surface area contributed by atoms with E-state index in [9.17, 15) is 4.79 Å². The van der Waals surface area contributed by atoms with Crippen molar-refractivity contribution in [3.63, 3.8) is 0 Å². The highest BCUT2D eigenvalue weighted by Crippen LogP contribution is 2.33. The molecule has 1 aliphatic heterocycles. The molecule has 3 heteroatoms. The van der Waals surface area contributed by atoms with Gasteiger partial charge in [-0.3, -0.25) is 4.79 Å². The molecule has 0 spiro atoms. The molecule has 0 unspecified atom stereocenters. The highest BCUT2D eigenvalue weighted by Gasteiger charge is 2.19. The Kier molecular flexibility index (Phi) is 5.47. The first-order valence-corrected chi connectivity index (χ1v) is 10.4. The van der Waals surface area contributed by atoms with Gasteiger partial charge in [-0.2, -0.15) is 0 Å². The van der Waals surface area contributed by atoms with Gasteiger partial charge in [-0.25, -0.2) is 0 Å². The molecule has 0 N–H and O–H groups in total. The summed E-state index contributed by atoms with van der Waals surface area (Å²) in [6.45, 7) is 5.73. The number of ketones is 1. The zero-order valence-electron chi connectivity index (χ0n) is 16.4. The fourth-order valence-corrected chi connectivity index (χ4v) is 4.52. The molecular weight excluding hydrogens is 332 g/mol. The van der Waals surface area contributed by atoms with Gasteiger partial charge in [0.05, 0.1) is 0 Å². The third-order valence-corrected chi connectivity index (χ3v) is 6.25. The van der Waals surface area contributed by atoms with Crippen LogP contribution >= 0.6 is 0 Å². The van der Waals surface area contributed by atoms with Gasteiger partial charge in [0.1, 0.15) is 0 Å². The highest BCUT2D eigenvalue weighted by atomic mass is 16.1. The van der Waals surface area contributed by atoms with E-state index in [0.29, 0.717) is 0 Å². The maximum atomic E-state index is 11.4. The van der Waals surface area contributed by atoms with Gasteiger partial charge in [0.25, 0.3) is 0 Å². The quantitative estimate of drug-likeness (QED) is 0.693. The molecule has 142 valence electrons. The van der Waals surface area contributed by atoms with Crippen molar-refractivity contribution in [2.24, 2.45) is 0 Å². The van der Waals surface area contributed by atoms with E-state index in [0.717, 1.165) is 37.7 Å². The van der Waals surface area contributed by atoms with Crippen LogP contribution < -0.4 is 9.80 Å². The minimum Gasteiger partial charge on any atom is -0.368 e. The van der Waals surface area contributed by atoms with Gasteiger partial charge < -0.3 is 9.80 Å². The molecule has 1 aliphatic carbocycles. The SMILES string of the molecule is CC(=O)c1ccc(N2CCN(c3ccc(C4CCCCC4)cc3)CC2)cc1. The van der Waals surface area contributed by atoms with Crippen LogP contribution in [0.1, 0.15) is 60.9 Å². The third kappa shape index (κ3) is 4.18. The lowest BCUT2D eigenvalue weighted by Crippen LogP contribution is -2.46. The van der Waals surface area contributed by atoms with Crippen LogP contribution in [0.25, 0.3) is 0 Å². The Morgan fingerprint density at radius 3 is 1.70 bits per heavy atom. The third-order valence-electron chi connectivity index (χ3n) is 6.25. The first kappa shape index (κ1) is 18.1. The lowest BCUT2D eigenvalue weighted by atomic mass is 9.84. The molecule has 1 saturated heterocycles. The summed E-state index contributed by atoms with van der Waals surface area (Å²) in [5, 5.41) is 0. The molecule has 0 aromatic heterocycles. The van der Waals surface area contributed by atoms with E-state index >= 15 is 0 Å². The zero-order chi connectivity index (χ0) is 18.6. The van der Waals surface area contributed by atoms with Gasteiger partial charge >= 0.3 is 0 Å². The standard InChI is InChI=1S/C24H30N2O/c1-19(27)20-7-11-23(12-8-20)25-15-17-26(18-16-25)24-13-9-22(10-14-24)21-5-3-2-4-6-21/h7-14,21H,2-6,15-18H2,1H3. The van der Waals surface area contributed by atoms with Crippen molar-refractivity contribution in [2.45, 2.75) is 44.9 Å². The number of carbonyl (C=O) groups is 1. The number of rotatable bonds is 4. The van der Waals surface area contributed by atoms with E-state index in [4.69, 9.17) is 0 Å². The summed E-state index contributed by atoms with van der Waals surface area (Å²) in [6.07, 6.45) is 6.92. The summed E-state index contributed by atoms with van der Waals surface area (Å²) in [7, 11) is 0. The average molecular weight is 363 g/mol. The van der Waals surface area contributed by atoms with E-state index in [-0.39, 0.29) is 5.78 Å². The average Bonchev–Trinajstić information content (AvgIpc) is 2.75. The monoisotopic (exact) mass is 362 g/mol.